The van der Waals surface area contributed by atoms with Crippen LogP contribution in [0.15, 0.2) is 54.6 Å². The molecule has 2 aromatic carbocycles. The summed E-state index contributed by atoms with van der Waals surface area (Å²) in [5.74, 6) is 1.00. The molecule has 0 aromatic heterocycles. The summed E-state index contributed by atoms with van der Waals surface area (Å²) < 4.78 is 0. The van der Waals surface area contributed by atoms with Gasteiger partial charge < -0.3 is 5.73 Å². The molecule has 0 aliphatic rings. The SMILES string of the molecule is Cc1ccc(C(SCc2ccccc2)C(C)N)cc1. The van der Waals surface area contributed by atoms with E-state index in [2.05, 4.69) is 68.4 Å². The lowest BCUT2D eigenvalue weighted by Crippen LogP contribution is -2.22. The molecule has 100 valence electrons. The van der Waals surface area contributed by atoms with Crippen LogP contribution < -0.4 is 5.73 Å². The number of rotatable bonds is 5. The predicted octanol–water partition coefficient (Wildman–Crippen LogP) is 4.32. The molecule has 2 N–H and O–H groups in total. The summed E-state index contributed by atoms with van der Waals surface area (Å²) in [5.41, 5.74) is 10.1. The summed E-state index contributed by atoms with van der Waals surface area (Å²) >= 11 is 1.92. The molecule has 0 amide bonds. The quantitative estimate of drug-likeness (QED) is 0.876. The van der Waals surface area contributed by atoms with E-state index in [-0.39, 0.29) is 6.04 Å². The topological polar surface area (TPSA) is 26.0 Å². The Hall–Kier alpha value is -1.25. The van der Waals surface area contributed by atoms with Crippen LogP contribution in [0.3, 0.4) is 0 Å². The summed E-state index contributed by atoms with van der Waals surface area (Å²) in [7, 11) is 0. The first kappa shape index (κ1) is 14.2. The second-order valence-corrected chi connectivity index (χ2v) is 6.12. The van der Waals surface area contributed by atoms with Gasteiger partial charge in [-0.1, -0.05) is 60.2 Å². The average Bonchev–Trinajstić information content (AvgIpc) is 2.42. The van der Waals surface area contributed by atoms with Crippen LogP contribution in [0, 0.1) is 6.92 Å². The van der Waals surface area contributed by atoms with Crippen molar-refractivity contribution in [1.82, 2.24) is 0 Å². The average molecular weight is 271 g/mol. The minimum Gasteiger partial charge on any atom is -0.327 e. The molecule has 2 aromatic rings. The summed E-state index contributed by atoms with van der Waals surface area (Å²) in [6.07, 6.45) is 0. The van der Waals surface area contributed by atoms with Crippen molar-refractivity contribution in [2.75, 3.05) is 0 Å². The van der Waals surface area contributed by atoms with E-state index in [1.54, 1.807) is 0 Å². The molecule has 2 heteroatoms. The number of thioether (sulfide) groups is 1. The monoisotopic (exact) mass is 271 g/mol. The molecule has 2 rings (SSSR count). The maximum absolute atomic E-state index is 6.15. The van der Waals surface area contributed by atoms with Crippen molar-refractivity contribution in [1.29, 1.82) is 0 Å². The molecule has 0 heterocycles. The van der Waals surface area contributed by atoms with Gasteiger partial charge in [0.15, 0.2) is 0 Å². The van der Waals surface area contributed by atoms with Gasteiger partial charge in [-0.25, -0.2) is 0 Å². The number of aryl methyl sites for hydroxylation is 1. The predicted molar refractivity (Wildman–Crippen MR) is 85.3 cm³/mol. The maximum atomic E-state index is 6.15. The summed E-state index contributed by atoms with van der Waals surface area (Å²) in [6, 6.07) is 19.4. The lowest BCUT2D eigenvalue weighted by Gasteiger charge is -2.21. The number of hydrogen-bond acceptors (Lipinski definition) is 2. The van der Waals surface area contributed by atoms with Crippen molar-refractivity contribution < 1.29 is 0 Å². The van der Waals surface area contributed by atoms with Gasteiger partial charge in [0.1, 0.15) is 0 Å². The van der Waals surface area contributed by atoms with Crippen LogP contribution >= 0.6 is 11.8 Å². The van der Waals surface area contributed by atoms with E-state index in [1.165, 1.54) is 16.7 Å². The molecule has 0 fully saturated rings. The Balaban J connectivity index is 2.06. The second kappa shape index (κ2) is 6.78. The largest absolute Gasteiger partial charge is 0.327 e. The zero-order valence-corrected chi connectivity index (χ0v) is 12.4. The van der Waals surface area contributed by atoms with Gasteiger partial charge in [-0.3, -0.25) is 0 Å². The molecule has 0 bridgehead atoms. The van der Waals surface area contributed by atoms with E-state index in [9.17, 15) is 0 Å². The Morgan fingerprint density at radius 1 is 1.00 bits per heavy atom. The van der Waals surface area contributed by atoms with Crippen molar-refractivity contribution in [3.05, 3.63) is 71.3 Å². The fourth-order valence-electron chi connectivity index (χ4n) is 2.07. The van der Waals surface area contributed by atoms with Crippen LogP contribution in [0.25, 0.3) is 0 Å². The molecule has 0 spiro atoms. The molecular formula is C17H21NS. The van der Waals surface area contributed by atoms with E-state index in [4.69, 9.17) is 5.73 Å². The first-order valence-electron chi connectivity index (χ1n) is 6.64. The highest BCUT2D eigenvalue weighted by atomic mass is 32.2. The van der Waals surface area contributed by atoms with Crippen LogP contribution in [0.1, 0.15) is 28.9 Å². The highest BCUT2D eigenvalue weighted by Crippen LogP contribution is 2.33. The van der Waals surface area contributed by atoms with Gasteiger partial charge in [0, 0.05) is 17.0 Å². The van der Waals surface area contributed by atoms with Crippen LogP contribution in [-0.4, -0.2) is 6.04 Å². The molecule has 19 heavy (non-hydrogen) atoms. The Bertz CT molecular complexity index is 490. The van der Waals surface area contributed by atoms with Crippen molar-refractivity contribution in [3.8, 4) is 0 Å². The molecule has 2 atom stereocenters. The van der Waals surface area contributed by atoms with Gasteiger partial charge in [-0.15, -0.1) is 11.8 Å². The smallest absolute Gasteiger partial charge is 0.0448 e. The summed E-state index contributed by atoms with van der Waals surface area (Å²) in [5, 5.41) is 0.348. The summed E-state index contributed by atoms with van der Waals surface area (Å²) in [6.45, 7) is 4.20. The fraction of sp³-hybridized carbons (Fsp3) is 0.294. The molecule has 0 saturated heterocycles. The van der Waals surface area contributed by atoms with E-state index in [1.807, 2.05) is 11.8 Å². The molecule has 2 unspecified atom stereocenters. The standard InChI is InChI=1S/C17H21NS/c1-13-8-10-16(11-9-13)17(14(2)18)19-12-15-6-4-3-5-7-15/h3-11,14,17H,12,18H2,1-2H3. The molecule has 0 aliphatic carbocycles. The van der Waals surface area contributed by atoms with Crippen molar-refractivity contribution in [3.63, 3.8) is 0 Å². The molecule has 0 radical (unpaired) electrons. The van der Waals surface area contributed by atoms with E-state index in [0.29, 0.717) is 5.25 Å². The Kier molecular flexibility index (Phi) is 5.06. The zero-order chi connectivity index (χ0) is 13.7. The van der Waals surface area contributed by atoms with E-state index >= 15 is 0 Å². The van der Waals surface area contributed by atoms with Gasteiger partial charge in [0.05, 0.1) is 0 Å². The van der Waals surface area contributed by atoms with Crippen LogP contribution in [-0.2, 0) is 5.75 Å². The van der Waals surface area contributed by atoms with Crippen LogP contribution in [0.4, 0.5) is 0 Å². The lowest BCUT2D eigenvalue weighted by atomic mass is 10.1. The maximum Gasteiger partial charge on any atom is 0.0448 e. The molecule has 0 saturated carbocycles. The Morgan fingerprint density at radius 2 is 1.63 bits per heavy atom. The van der Waals surface area contributed by atoms with E-state index in [0.717, 1.165) is 5.75 Å². The highest BCUT2D eigenvalue weighted by molar-refractivity contribution is 7.98. The number of nitrogens with two attached hydrogens (primary N) is 1. The minimum absolute atomic E-state index is 0.149. The molecule has 0 aliphatic heterocycles. The van der Waals surface area contributed by atoms with Gasteiger partial charge in [0.2, 0.25) is 0 Å². The van der Waals surface area contributed by atoms with Crippen LogP contribution in [0.5, 0.6) is 0 Å². The van der Waals surface area contributed by atoms with Gasteiger partial charge in [-0.2, -0.15) is 0 Å². The van der Waals surface area contributed by atoms with Gasteiger partial charge in [0.25, 0.3) is 0 Å². The Labute approximate surface area is 120 Å². The third kappa shape index (κ3) is 4.12. The van der Waals surface area contributed by atoms with Crippen molar-refractivity contribution >= 4 is 11.8 Å². The first-order chi connectivity index (χ1) is 9.16. The number of benzene rings is 2. The zero-order valence-electron chi connectivity index (χ0n) is 11.5. The third-order valence-corrected chi connectivity index (χ3v) is 4.72. The lowest BCUT2D eigenvalue weighted by molar-refractivity contribution is 0.721. The van der Waals surface area contributed by atoms with Crippen molar-refractivity contribution in [2.24, 2.45) is 5.73 Å². The second-order valence-electron chi connectivity index (χ2n) is 4.99. The van der Waals surface area contributed by atoms with Gasteiger partial charge in [-0.05, 0) is 25.0 Å². The molecule has 1 nitrogen and oxygen atoms in total. The third-order valence-electron chi connectivity index (χ3n) is 3.16. The number of hydrogen-bond donors (Lipinski definition) is 1. The minimum atomic E-state index is 0.149. The normalized spacial score (nSPS) is 14.1. The Morgan fingerprint density at radius 3 is 2.21 bits per heavy atom. The highest BCUT2D eigenvalue weighted by Gasteiger charge is 2.16. The van der Waals surface area contributed by atoms with Gasteiger partial charge >= 0.3 is 0 Å². The van der Waals surface area contributed by atoms with Crippen molar-refractivity contribution in [2.45, 2.75) is 30.9 Å². The van der Waals surface area contributed by atoms with Crippen LogP contribution in [0.2, 0.25) is 0 Å². The summed E-state index contributed by atoms with van der Waals surface area (Å²) in [4.78, 5) is 0. The van der Waals surface area contributed by atoms with E-state index < -0.39 is 0 Å². The molecular weight excluding hydrogens is 250 g/mol. The fourth-order valence-corrected chi connectivity index (χ4v) is 3.29. The first-order valence-corrected chi connectivity index (χ1v) is 7.69.